The van der Waals surface area contributed by atoms with E-state index in [1.807, 2.05) is 36.4 Å². The highest BCUT2D eigenvalue weighted by molar-refractivity contribution is 5.91. The van der Waals surface area contributed by atoms with E-state index < -0.39 is 0 Å². The van der Waals surface area contributed by atoms with Gasteiger partial charge in [0.2, 0.25) is 0 Å². The van der Waals surface area contributed by atoms with Gasteiger partial charge in [-0.25, -0.2) is 0 Å². The lowest BCUT2D eigenvalue weighted by Crippen LogP contribution is -2.29. The van der Waals surface area contributed by atoms with E-state index in [9.17, 15) is 4.79 Å². The van der Waals surface area contributed by atoms with Gasteiger partial charge in [0.05, 0.1) is 12.7 Å². The number of carbonyl (C=O) groups is 1. The number of rotatable bonds is 7. The lowest BCUT2D eigenvalue weighted by Gasteiger charge is -2.18. The van der Waals surface area contributed by atoms with Crippen LogP contribution in [0.1, 0.15) is 27.5 Å². The maximum absolute atomic E-state index is 12.4. The quantitative estimate of drug-likeness (QED) is 0.689. The summed E-state index contributed by atoms with van der Waals surface area (Å²) in [5.41, 5.74) is 8.09. The zero-order valence-corrected chi connectivity index (χ0v) is 13.9. The van der Waals surface area contributed by atoms with Crippen molar-refractivity contribution in [2.75, 3.05) is 13.1 Å². The van der Waals surface area contributed by atoms with E-state index >= 15 is 0 Å². The van der Waals surface area contributed by atoms with E-state index in [-0.39, 0.29) is 11.8 Å². The molecule has 0 fully saturated rings. The summed E-state index contributed by atoms with van der Waals surface area (Å²) in [6.45, 7) is 1.47. The van der Waals surface area contributed by atoms with Crippen LogP contribution in [0.4, 0.5) is 0 Å². The molecule has 0 aliphatic rings. The average molecular weight is 335 g/mol. The Bertz CT molecular complexity index is 761. The van der Waals surface area contributed by atoms with Crippen molar-refractivity contribution in [3.63, 3.8) is 0 Å². The number of nitrogens with zero attached hydrogens (tertiary/aromatic N) is 3. The second kappa shape index (κ2) is 8.21. The zero-order valence-electron chi connectivity index (χ0n) is 13.9. The second-order valence-electron chi connectivity index (χ2n) is 5.74. The second-order valence-corrected chi connectivity index (χ2v) is 5.74. The molecule has 1 amide bonds. The van der Waals surface area contributed by atoms with Crippen LogP contribution < -0.4 is 11.1 Å². The number of amides is 1. The van der Waals surface area contributed by atoms with Crippen LogP contribution in [-0.4, -0.2) is 34.0 Å². The van der Waals surface area contributed by atoms with Crippen molar-refractivity contribution < 1.29 is 4.79 Å². The number of aromatic nitrogens is 3. The molecule has 1 aromatic heterocycles. The lowest BCUT2D eigenvalue weighted by molar-refractivity contribution is 0.0947. The standard InChI is InChI=1S/C19H21N5O/c20-11-12-24-14-18(22-23-24)19(25)21-13-17(15-7-3-1-4-8-15)16-9-5-2-6-10-16/h1-10,14,17H,11-13,20H2,(H,21,25). The molecule has 0 radical (unpaired) electrons. The van der Waals surface area contributed by atoms with Gasteiger partial charge in [-0.2, -0.15) is 0 Å². The van der Waals surface area contributed by atoms with Crippen molar-refractivity contribution in [2.24, 2.45) is 5.73 Å². The summed E-state index contributed by atoms with van der Waals surface area (Å²) in [6.07, 6.45) is 1.61. The largest absolute Gasteiger partial charge is 0.350 e. The summed E-state index contributed by atoms with van der Waals surface area (Å²) in [5, 5.41) is 10.8. The summed E-state index contributed by atoms with van der Waals surface area (Å²) in [5.74, 6) is -0.162. The van der Waals surface area contributed by atoms with Crippen molar-refractivity contribution in [3.8, 4) is 0 Å². The number of carbonyl (C=O) groups excluding carboxylic acids is 1. The smallest absolute Gasteiger partial charge is 0.273 e. The third kappa shape index (κ3) is 4.30. The maximum atomic E-state index is 12.4. The van der Waals surface area contributed by atoms with Crippen LogP contribution in [-0.2, 0) is 6.54 Å². The molecule has 6 heteroatoms. The Morgan fingerprint density at radius 3 is 2.20 bits per heavy atom. The first-order chi connectivity index (χ1) is 12.3. The molecule has 2 aromatic carbocycles. The summed E-state index contributed by atoms with van der Waals surface area (Å²) in [7, 11) is 0. The van der Waals surface area contributed by atoms with Gasteiger partial charge in [-0.15, -0.1) is 5.10 Å². The van der Waals surface area contributed by atoms with Crippen LogP contribution in [0, 0.1) is 0 Å². The highest BCUT2D eigenvalue weighted by Crippen LogP contribution is 2.23. The first kappa shape index (κ1) is 16.9. The van der Waals surface area contributed by atoms with Gasteiger partial charge in [0.15, 0.2) is 5.69 Å². The topological polar surface area (TPSA) is 85.8 Å². The molecule has 25 heavy (non-hydrogen) atoms. The van der Waals surface area contributed by atoms with Gasteiger partial charge in [0.1, 0.15) is 0 Å². The molecule has 0 aliphatic carbocycles. The van der Waals surface area contributed by atoms with E-state index in [0.717, 1.165) is 11.1 Å². The number of hydrogen-bond donors (Lipinski definition) is 2. The van der Waals surface area contributed by atoms with E-state index in [1.165, 1.54) is 0 Å². The molecule has 3 rings (SSSR count). The van der Waals surface area contributed by atoms with E-state index in [1.54, 1.807) is 10.9 Å². The molecule has 0 unspecified atom stereocenters. The number of nitrogens with one attached hydrogen (secondary N) is 1. The number of nitrogens with two attached hydrogens (primary N) is 1. The SMILES string of the molecule is NCCn1cc(C(=O)NCC(c2ccccc2)c2ccccc2)nn1. The van der Waals surface area contributed by atoms with Crippen LogP contribution in [0.5, 0.6) is 0 Å². The number of hydrogen-bond acceptors (Lipinski definition) is 4. The Morgan fingerprint density at radius 1 is 1.04 bits per heavy atom. The lowest BCUT2D eigenvalue weighted by atomic mass is 9.91. The molecule has 0 saturated heterocycles. The fourth-order valence-electron chi connectivity index (χ4n) is 2.73. The van der Waals surface area contributed by atoms with E-state index in [4.69, 9.17) is 5.73 Å². The monoisotopic (exact) mass is 335 g/mol. The molecule has 0 bridgehead atoms. The zero-order chi connectivity index (χ0) is 17.5. The van der Waals surface area contributed by atoms with Gasteiger partial charge < -0.3 is 11.1 Å². The third-order valence-electron chi connectivity index (χ3n) is 4.00. The molecule has 0 saturated carbocycles. The fraction of sp³-hybridized carbons (Fsp3) is 0.211. The molecule has 128 valence electrons. The van der Waals surface area contributed by atoms with Crippen LogP contribution >= 0.6 is 0 Å². The Morgan fingerprint density at radius 2 is 1.64 bits per heavy atom. The van der Waals surface area contributed by atoms with E-state index in [0.29, 0.717) is 25.3 Å². The highest BCUT2D eigenvalue weighted by Gasteiger charge is 2.17. The Hall–Kier alpha value is -2.99. The highest BCUT2D eigenvalue weighted by atomic mass is 16.2. The van der Waals surface area contributed by atoms with Crippen molar-refractivity contribution >= 4 is 5.91 Å². The molecule has 6 nitrogen and oxygen atoms in total. The predicted octanol–water partition coefficient (Wildman–Crippen LogP) is 1.80. The van der Waals surface area contributed by atoms with E-state index in [2.05, 4.69) is 39.9 Å². The minimum Gasteiger partial charge on any atom is -0.350 e. The van der Waals surface area contributed by atoms with Gasteiger partial charge in [-0.05, 0) is 11.1 Å². The van der Waals surface area contributed by atoms with Crippen molar-refractivity contribution in [1.82, 2.24) is 20.3 Å². The summed E-state index contributed by atoms with van der Waals surface area (Å²) < 4.78 is 1.57. The minimum absolute atomic E-state index is 0.0745. The van der Waals surface area contributed by atoms with Crippen molar-refractivity contribution in [1.29, 1.82) is 0 Å². The van der Waals surface area contributed by atoms with Crippen LogP contribution in [0.2, 0.25) is 0 Å². The molecule has 0 atom stereocenters. The van der Waals surface area contributed by atoms with Gasteiger partial charge >= 0.3 is 0 Å². The summed E-state index contributed by atoms with van der Waals surface area (Å²) >= 11 is 0. The van der Waals surface area contributed by atoms with Crippen molar-refractivity contribution in [2.45, 2.75) is 12.5 Å². The first-order valence-corrected chi connectivity index (χ1v) is 8.26. The molecular formula is C19H21N5O. The van der Waals surface area contributed by atoms with Crippen LogP contribution in [0.3, 0.4) is 0 Å². The number of benzene rings is 2. The molecule has 0 aliphatic heterocycles. The van der Waals surface area contributed by atoms with Crippen molar-refractivity contribution in [3.05, 3.63) is 83.7 Å². The Balaban J connectivity index is 1.73. The molecule has 3 N–H and O–H groups in total. The predicted molar refractivity (Wildman–Crippen MR) is 96.1 cm³/mol. The van der Waals surface area contributed by atoms with Gasteiger partial charge in [0.25, 0.3) is 5.91 Å². The summed E-state index contributed by atoms with van der Waals surface area (Å²) in [4.78, 5) is 12.4. The molecular weight excluding hydrogens is 314 g/mol. The van der Waals surface area contributed by atoms with Gasteiger partial charge in [-0.1, -0.05) is 65.9 Å². The minimum atomic E-state index is -0.236. The molecule has 3 aromatic rings. The first-order valence-electron chi connectivity index (χ1n) is 8.26. The normalized spacial score (nSPS) is 10.8. The Kier molecular flexibility index (Phi) is 5.53. The van der Waals surface area contributed by atoms with Crippen LogP contribution in [0.25, 0.3) is 0 Å². The molecule has 1 heterocycles. The summed E-state index contributed by atoms with van der Waals surface area (Å²) in [6, 6.07) is 20.3. The third-order valence-corrected chi connectivity index (χ3v) is 4.00. The average Bonchev–Trinajstić information content (AvgIpc) is 3.13. The molecule has 0 spiro atoms. The fourth-order valence-corrected chi connectivity index (χ4v) is 2.73. The van der Waals surface area contributed by atoms with Crippen LogP contribution in [0.15, 0.2) is 66.9 Å². The van der Waals surface area contributed by atoms with Gasteiger partial charge in [0, 0.05) is 19.0 Å². The maximum Gasteiger partial charge on any atom is 0.273 e. The van der Waals surface area contributed by atoms with Gasteiger partial charge in [-0.3, -0.25) is 9.48 Å². The Labute approximate surface area is 146 Å².